The topological polar surface area (TPSA) is 9.86 Å². The van der Waals surface area contributed by atoms with E-state index in [0.29, 0.717) is 0 Å². The van der Waals surface area contributed by atoms with Crippen LogP contribution in [0.15, 0.2) is 182 Å². The number of thiophene rings is 1. The smallest absolute Gasteiger partial charge is 0.0548 e. The largest absolute Gasteiger partial charge is 0.309 e. The number of rotatable bonds is 4. The average Bonchev–Trinajstić information content (AvgIpc) is 3.86. The number of hydrogen-bond acceptors (Lipinski definition) is 1. The van der Waals surface area contributed by atoms with Crippen LogP contribution >= 0.6 is 11.3 Å². The Morgan fingerprint density at radius 1 is 0.294 bits per heavy atom. The first-order valence-electron chi connectivity index (χ1n) is 17.4. The van der Waals surface area contributed by atoms with Gasteiger partial charge in [0.25, 0.3) is 0 Å². The fraction of sp³-hybridized carbons (Fsp3) is 0. The van der Waals surface area contributed by atoms with Gasteiger partial charge in [-0.05, 0) is 89.0 Å². The summed E-state index contributed by atoms with van der Waals surface area (Å²) in [4.78, 5) is 0. The van der Waals surface area contributed by atoms with Crippen molar-refractivity contribution in [2.75, 3.05) is 0 Å². The van der Waals surface area contributed by atoms with Gasteiger partial charge in [0.1, 0.15) is 0 Å². The van der Waals surface area contributed by atoms with E-state index in [0.717, 1.165) is 11.4 Å². The van der Waals surface area contributed by atoms with Gasteiger partial charge in [-0.15, -0.1) is 11.3 Å². The predicted octanol–water partition coefficient (Wildman–Crippen LogP) is 13.6. The zero-order valence-electron chi connectivity index (χ0n) is 27.6. The predicted molar refractivity (Wildman–Crippen MR) is 219 cm³/mol. The van der Waals surface area contributed by atoms with Crippen LogP contribution in [0.3, 0.4) is 0 Å². The monoisotopic (exact) mass is 666 g/mol. The third-order valence-corrected chi connectivity index (χ3v) is 11.7. The van der Waals surface area contributed by atoms with Gasteiger partial charge in [0.2, 0.25) is 0 Å². The number of para-hydroxylation sites is 2. The molecule has 0 atom stereocenters. The van der Waals surface area contributed by atoms with Crippen LogP contribution in [0.1, 0.15) is 0 Å². The van der Waals surface area contributed by atoms with Gasteiger partial charge in [0.15, 0.2) is 0 Å². The molecule has 0 unspecified atom stereocenters. The van der Waals surface area contributed by atoms with Crippen LogP contribution in [-0.2, 0) is 0 Å². The summed E-state index contributed by atoms with van der Waals surface area (Å²) in [5, 5.41) is 7.75. The fourth-order valence-corrected chi connectivity index (χ4v) is 9.32. The lowest BCUT2D eigenvalue weighted by Gasteiger charge is -2.11. The maximum Gasteiger partial charge on any atom is 0.0548 e. The van der Waals surface area contributed by atoms with Crippen LogP contribution in [0.5, 0.6) is 0 Å². The molecule has 2 nitrogen and oxygen atoms in total. The molecule has 0 bridgehead atoms. The van der Waals surface area contributed by atoms with Crippen molar-refractivity contribution in [1.29, 1.82) is 0 Å². The van der Waals surface area contributed by atoms with Crippen LogP contribution in [0.4, 0.5) is 0 Å². The molecule has 0 N–H and O–H groups in total. The van der Waals surface area contributed by atoms with Crippen LogP contribution in [0, 0.1) is 0 Å². The van der Waals surface area contributed by atoms with Crippen LogP contribution in [-0.4, -0.2) is 9.13 Å². The second-order valence-corrected chi connectivity index (χ2v) is 14.4. The van der Waals surface area contributed by atoms with E-state index >= 15 is 0 Å². The van der Waals surface area contributed by atoms with Gasteiger partial charge in [-0.1, -0.05) is 115 Å². The molecule has 0 radical (unpaired) electrons. The van der Waals surface area contributed by atoms with E-state index < -0.39 is 0 Å². The van der Waals surface area contributed by atoms with Gasteiger partial charge in [-0.25, -0.2) is 0 Å². The Morgan fingerprint density at radius 3 is 1.55 bits per heavy atom. The quantitative estimate of drug-likeness (QED) is 0.177. The van der Waals surface area contributed by atoms with Gasteiger partial charge in [-0.2, -0.15) is 0 Å². The lowest BCUT2D eigenvalue weighted by Crippen LogP contribution is -1.95. The van der Waals surface area contributed by atoms with Crippen LogP contribution in [0.25, 0.3) is 97.4 Å². The van der Waals surface area contributed by atoms with Crippen LogP contribution < -0.4 is 0 Å². The molecule has 0 aliphatic rings. The second-order valence-electron chi connectivity index (χ2n) is 13.3. The van der Waals surface area contributed by atoms with Crippen molar-refractivity contribution in [3.05, 3.63) is 182 Å². The normalized spacial score (nSPS) is 11.9. The molecule has 0 aliphatic carbocycles. The Kier molecular flexibility index (Phi) is 6.16. The molecule has 3 heterocycles. The molecule has 51 heavy (non-hydrogen) atoms. The minimum Gasteiger partial charge on any atom is -0.309 e. The Morgan fingerprint density at radius 2 is 0.824 bits per heavy atom. The second kappa shape index (κ2) is 11.0. The highest BCUT2D eigenvalue weighted by atomic mass is 32.1. The van der Waals surface area contributed by atoms with Gasteiger partial charge in [-0.3, -0.25) is 0 Å². The molecule has 3 heteroatoms. The number of aromatic nitrogens is 2. The summed E-state index contributed by atoms with van der Waals surface area (Å²) in [7, 11) is 0. The summed E-state index contributed by atoms with van der Waals surface area (Å²) in [5.41, 5.74) is 12.1. The molecule has 0 aliphatic heterocycles. The standard InChI is InChI=1S/C48H30N2S/c1-2-11-31(12-3-1)32-21-24-35(25-22-32)49-41-18-7-4-16-38(41)47-43(49)26-27-44-48(47)39-17-5-8-19-42(39)50(44)36-14-10-13-33(29-36)34-23-28-46-40(30-34)37-15-6-9-20-45(37)51-46/h1-30H. The summed E-state index contributed by atoms with van der Waals surface area (Å²) in [6, 6.07) is 66.6. The summed E-state index contributed by atoms with van der Waals surface area (Å²) < 4.78 is 7.54. The van der Waals surface area contributed by atoms with E-state index in [1.54, 1.807) is 0 Å². The van der Waals surface area contributed by atoms with Gasteiger partial charge >= 0.3 is 0 Å². The summed E-state index contributed by atoms with van der Waals surface area (Å²) >= 11 is 1.87. The minimum absolute atomic E-state index is 1.16. The zero-order valence-corrected chi connectivity index (χ0v) is 28.4. The first-order chi connectivity index (χ1) is 25.3. The van der Waals surface area contributed by atoms with Gasteiger partial charge in [0.05, 0.1) is 22.1 Å². The molecule has 3 aromatic heterocycles. The maximum atomic E-state index is 2.45. The van der Waals surface area contributed by atoms with E-state index in [9.17, 15) is 0 Å². The zero-order chi connectivity index (χ0) is 33.5. The molecular weight excluding hydrogens is 637 g/mol. The lowest BCUT2D eigenvalue weighted by atomic mass is 10.0. The minimum atomic E-state index is 1.16. The molecule has 11 rings (SSSR count). The van der Waals surface area contributed by atoms with Crippen molar-refractivity contribution >= 4 is 75.1 Å². The summed E-state index contributed by atoms with van der Waals surface area (Å²) in [6.07, 6.45) is 0. The van der Waals surface area contributed by atoms with Gasteiger partial charge in [0, 0.05) is 53.1 Å². The third kappa shape index (κ3) is 4.29. The van der Waals surface area contributed by atoms with Crippen molar-refractivity contribution in [2.24, 2.45) is 0 Å². The highest BCUT2D eigenvalue weighted by Gasteiger charge is 2.20. The molecule has 238 valence electrons. The molecule has 0 saturated heterocycles. The van der Waals surface area contributed by atoms with Crippen molar-refractivity contribution < 1.29 is 0 Å². The van der Waals surface area contributed by atoms with E-state index in [2.05, 4.69) is 191 Å². The number of benzene rings is 8. The molecule has 0 saturated carbocycles. The first kappa shape index (κ1) is 28.4. The Balaban J connectivity index is 1.12. The SMILES string of the molecule is c1ccc(-c2ccc(-n3c4ccccc4c4c5c6ccccc6n(-c6cccc(-c7ccc8sc9ccccc9c8c7)c6)c5ccc43)cc2)cc1. The van der Waals surface area contributed by atoms with E-state index in [1.807, 2.05) is 11.3 Å². The molecule has 11 aromatic rings. The van der Waals surface area contributed by atoms with Crippen molar-refractivity contribution in [3.63, 3.8) is 0 Å². The Bertz CT molecular complexity index is 3120. The van der Waals surface area contributed by atoms with Crippen molar-refractivity contribution in [3.8, 4) is 33.6 Å². The summed E-state index contributed by atoms with van der Waals surface area (Å²) in [6.45, 7) is 0. The molecule has 0 spiro atoms. The van der Waals surface area contributed by atoms with Crippen LogP contribution in [0.2, 0.25) is 0 Å². The number of fused-ring (bicyclic) bond motifs is 10. The van der Waals surface area contributed by atoms with Crippen molar-refractivity contribution in [1.82, 2.24) is 9.13 Å². The first-order valence-corrected chi connectivity index (χ1v) is 18.3. The van der Waals surface area contributed by atoms with Gasteiger partial charge < -0.3 is 9.13 Å². The van der Waals surface area contributed by atoms with E-state index in [4.69, 9.17) is 0 Å². The highest BCUT2D eigenvalue weighted by Crippen LogP contribution is 2.43. The molecule has 0 amide bonds. The highest BCUT2D eigenvalue weighted by molar-refractivity contribution is 7.25. The maximum absolute atomic E-state index is 2.45. The van der Waals surface area contributed by atoms with Crippen molar-refractivity contribution in [2.45, 2.75) is 0 Å². The average molecular weight is 667 g/mol. The fourth-order valence-electron chi connectivity index (χ4n) is 8.24. The van der Waals surface area contributed by atoms with E-state index in [1.165, 1.54) is 86.0 Å². The lowest BCUT2D eigenvalue weighted by molar-refractivity contribution is 1.17. The van der Waals surface area contributed by atoms with E-state index in [-0.39, 0.29) is 0 Å². The Labute approximate surface area is 298 Å². The molecular formula is C48H30N2S. The Hall–Kier alpha value is -6.42. The number of hydrogen-bond donors (Lipinski definition) is 0. The molecule has 0 fully saturated rings. The molecule has 8 aromatic carbocycles. The summed E-state index contributed by atoms with van der Waals surface area (Å²) in [5.74, 6) is 0. The number of nitrogens with zero attached hydrogens (tertiary/aromatic N) is 2. The third-order valence-electron chi connectivity index (χ3n) is 10.5.